The topological polar surface area (TPSA) is 143 Å². The largest absolute Gasteiger partial charge is 0.511 e. The van der Waals surface area contributed by atoms with Crippen LogP contribution in [0, 0.1) is 22.7 Å². The summed E-state index contributed by atoms with van der Waals surface area (Å²) in [5.74, 6) is -12.4. The molecule has 2 unspecified atom stereocenters. The third kappa shape index (κ3) is 11.7. The molecule has 67 heavy (non-hydrogen) atoms. The number of rotatable bonds is 21. The summed E-state index contributed by atoms with van der Waals surface area (Å²) in [7, 11) is 0. The normalized spacial score (nSPS) is 18.7. The Bertz CT molecular complexity index is 2440. The summed E-state index contributed by atoms with van der Waals surface area (Å²) in [6.45, 7) is 23.3. The number of carbonyl (C=O) groups is 6. The highest BCUT2D eigenvalue weighted by Crippen LogP contribution is 2.55. The first-order chi connectivity index (χ1) is 31.6. The predicted octanol–water partition coefficient (Wildman–Crippen LogP) is 13.4. The van der Waals surface area contributed by atoms with Crippen LogP contribution >= 0.6 is 31.9 Å². The van der Waals surface area contributed by atoms with Crippen molar-refractivity contribution in [2.24, 2.45) is 22.7 Å². The van der Waals surface area contributed by atoms with E-state index in [9.17, 15) is 19.8 Å². The summed E-state index contributed by atoms with van der Waals surface area (Å²) in [6, 6.07) is 22.3. The zero-order chi connectivity index (χ0) is 49.4. The van der Waals surface area contributed by atoms with Crippen molar-refractivity contribution in [1.29, 1.82) is 0 Å². The summed E-state index contributed by atoms with van der Waals surface area (Å²) in [4.78, 5) is 90.7. The van der Waals surface area contributed by atoms with Crippen molar-refractivity contribution in [2.75, 3.05) is 0 Å². The highest BCUT2D eigenvalue weighted by molar-refractivity contribution is 9.10. The fraction of sp³-hybridized carbons (Fsp3) is 0.298. The molecule has 0 aromatic heterocycles. The van der Waals surface area contributed by atoms with Crippen LogP contribution in [0.3, 0.4) is 0 Å². The third-order valence-electron chi connectivity index (χ3n) is 12.8. The molecule has 0 heterocycles. The predicted molar refractivity (Wildman–Crippen MR) is 273 cm³/mol. The summed E-state index contributed by atoms with van der Waals surface area (Å²) >= 11 is 6.81. The van der Waals surface area contributed by atoms with Crippen LogP contribution in [0.25, 0.3) is 12.2 Å². The van der Waals surface area contributed by atoms with Gasteiger partial charge in [0.1, 0.15) is 23.4 Å². The zero-order valence-corrected chi connectivity index (χ0v) is 41.8. The van der Waals surface area contributed by atoms with Crippen molar-refractivity contribution in [3.8, 4) is 0 Å². The quantitative estimate of drug-likeness (QED) is 0.0610. The van der Waals surface area contributed by atoms with Crippen molar-refractivity contribution < 1.29 is 39.0 Å². The van der Waals surface area contributed by atoms with E-state index in [0.717, 1.165) is 21.1 Å². The van der Waals surface area contributed by atoms with E-state index in [1.807, 2.05) is 0 Å². The molecule has 2 aliphatic rings. The van der Waals surface area contributed by atoms with Crippen molar-refractivity contribution in [3.05, 3.63) is 188 Å². The van der Waals surface area contributed by atoms with Gasteiger partial charge in [0.25, 0.3) is 0 Å². The Morgan fingerprint density at radius 1 is 0.552 bits per heavy atom. The molecular weight excluding hydrogens is 972 g/mol. The van der Waals surface area contributed by atoms with Gasteiger partial charge in [-0.05, 0) is 132 Å². The molecule has 8 nitrogen and oxygen atoms in total. The Morgan fingerprint density at radius 2 is 0.866 bits per heavy atom. The second-order valence-electron chi connectivity index (χ2n) is 18.3. The van der Waals surface area contributed by atoms with Crippen LogP contribution in [-0.4, -0.2) is 44.9 Å². The molecule has 3 aromatic rings. The number of benzene rings is 3. The van der Waals surface area contributed by atoms with E-state index >= 15 is 19.2 Å². The number of hydrogen-bond donors (Lipinski definition) is 2. The van der Waals surface area contributed by atoms with Gasteiger partial charge in [-0.25, -0.2) is 0 Å². The first-order valence-corrected chi connectivity index (χ1v) is 23.9. The third-order valence-corrected chi connectivity index (χ3v) is 13.8. The van der Waals surface area contributed by atoms with Crippen LogP contribution in [-0.2, 0) is 28.8 Å². The first kappa shape index (κ1) is 52.1. The van der Waals surface area contributed by atoms with Crippen LogP contribution in [0.4, 0.5) is 0 Å². The van der Waals surface area contributed by atoms with Gasteiger partial charge >= 0.3 is 0 Å². The van der Waals surface area contributed by atoms with E-state index in [4.69, 9.17) is 0 Å². The Morgan fingerprint density at radius 3 is 1.16 bits per heavy atom. The molecule has 348 valence electrons. The van der Waals surface area contributed by atoms with Crippen molar-refractivity contribution >= 4 is 78.7 Å². The number of allylic oxidation sites excluding steroid dienone is 10. The minimum atomic E-state index is -1.98. The van der Waals surface area contributed by atoms with Gasteiger partial charge in [-0.3, -0.25) is 28.8 Å². The van der Waals surface area contributed by atoms with Gasteiger partial charge in [-0.1, -0.05) is 121 Å². The van der Waals surface area contributed by atoms with Gasteiger partial charge < -0.3 is 10.2 Å². The Hall–Kier alpha value is -5.84. The number of aliphatic hydroxyl groups is 2. The van der Waals surface area contributed by atoms with Gasteiger partial charge in [0, 0.05) is 26.0 Å². The summed E-state index contributed by atoms with van der Waals surface area (Å²) in [5.41, 5.74) is -0.522. The van der Waals surface area contributed by atoms with Crippen LogP contribution in [0.2, 0.25) is 0 Å². The maximum Gasteiger partial charge on any atom is 0.181 e. The van der Waals surface area contributed by atoms with Crippen molar-refractivity contribution in [3.63, 3.8) is 0 Å². The minimum Gasteiger partial charge on any atom is -0.511 e. The maximum absolute atomic E-state index is 15.5. The second-order valence-corrected chi connectivity index (χ2v) is 20.1. The lowest BCUT2D eigenvalue weighted by atomic mass is 9.57. The highest BCUT2D eigenvalue weighted by Gasteiger charge is 2.60. The van der Waals surface area contributed by atoms with E-state index in [0.29, 0.717) is 33.4 Å². The number of ketones is 6. The van der Waals surface area contributed by atoms with E-state index in [2.05, 4.69) is 58.2 Å². The fourth-order valence-corrected chi connectivity index (χ4v) is 9.43. The molecule has 0 saturated heterocycles. The summed E-state index contributed by atoms with van der Waals surface area (Å²) in [6.07, 6.45) is 5.95. The van der Waals surface area contributed by atoms with Crippen LogP contribution in [0.5, 0.6) is 0 Å². The molecular formula is C57H58Br2O8. The Balaban J connectivity index is 1.90. The number of carbonyl (C=O) groups excluding carboxylic acids is 6. The van der Waals surface area contributed by atoms with E-state index in [-0.39, 0.29) is 56.9 Å². The van der Waals surface area contributed by atoms with Crippen LogP contribution in [0.1, 0.15) is 102 Å². The summed E-state index contributed by atoms with van der Waals surface area (Å²) in [5, 5.41) is 26.0. The molecule has 0 spiro atoms. The maximum atomic E-state index is 15.5. The number of hydrogen-bond acceptors (Lipinski definition) is 8. The number of halogens is 2. The first-order valence-electron chi connectivity index (χ1n) is 22.3. The van der Waals surface area contributed by atoms with Crippen LogP contribution < -0.4 is 0 Å². The Labute approximate surface area is 411 Å². The second kappa shape index (κ2) is 22.3. The molecule has 5 rings (SSSR count). The lowest BCUT2D eigenvalue weighted by Crippen LogP contribution is -2.52. The smallest absolute Gasteiger partial charge is 0.181 e. The average molecular weight is 1030 g/mol. The molecule has 3 aromatic carbocycles. The van der Waals surface area contributed by atoms with Crippen molar-refractivity contribution in [1.82, 2.24) is 0 Å². The average Bonchev–Trinajstić information content (AvgIpc) is 3.28. The standard InChI is InChI=1S/C57H58Br2O8/c1-34(2)26-30-56(31-27-35(3)4)52(64)46(43(60)24-18-38-14-20-41(58)21-15-38)50(62)48(54(56)66)45(40-12-10-9-11-13-40)49-51(63)47(44(61)25-19-39-16-22-42(59)23-17-39)53(65)57(55(49)67,32-28-36(5)6)33-29-37(7)8/h9-25,45-47,66-67H,1,3,5,7,26-33H2,2,4,6,8H3. The highest BCUT2D eigenvalue weighted by atomic mass is 79.9. The molecule has 0 radical (unpaired) electrons. The van der Waals surface area contributed by atoms with E-state index in [1.165, 1.54) is 12.2 Å². The van der Waals surface area contributed by atoms with Crippen molar-refractivity contribution in [2.45, 2.75) is 85.0 Å². The van der Waals surface area contributed by atoms with Gasteiger partial charge in [0.15, 0.2) is 34.7 Å². The molecule has 0 saturated carbocycles. The zero-order valence-electron chi connectivity index (χ0n) is 38.6. The number of Topliss-reactive ketones (excluding diaryl/α,β-unsaturated/α-hetero) is 4. The molecule has 2 aliphatic carbocycles. The van der Waals surface area contributed by atoms with Gasteiger partial charge in [-0.2, -0.15) is 0 Å². The lowest BCUT2D eigenvalue weighted by Gasteiger charge is -2.44. The number of aliphatic hydroxyl groups excluding tert-OH is 2. The van der Waals surface area contributed by atoms with Gasteiger partial charge in [0.2, 0.25) is 0 Å². The Kier molecular flexibility index (Phi) is 17.4. The van der Waals surface area contributed by atoms with E-state index < -0.39 is 85.9 Å². The summed E-state index contributed by atoms with van der Waals surface area (Å²) < 4.78 is 1.60. The van der Waals surface area contributed by atoms with Gasteiger partial charge in [0.05, 0.1) is 10.8 Å². The molecule has 0 aliphatic heterocycles. The fourth-order valence-electron chi connectivity index (χ4n) is 8.90. The molecule has 0 fully saturated rings. The van der Waals surface area contributed by atoms with E-state index in [1.54, 1.807) is 107 Å². The molecule has 10 heteroatoms. The SMILES string of the molecule is C=C(C)CCC1(CCC(=C)C)C(=O)C(C(=O)C=Cc2ccc(Br)cc2)C(=O)C(C(C2=C(O)C(CCC(=C)C)(CCC(=C)C)C(=O)C(C(=O)C=Cc3ccc(Br)cc3)C2=O)c2ccccc2)=C1O. The van der Waals surface area contributed by atoms with Crippen LogP contribution in [0.15, 0.2) is 171 Å². The molecule has 2 atom stereocenters. The molecule has 0 amide bonds. The minimum absolute atomic E-state index is 0.0562. The van der Waals surface area contributed by atoms with Gasteiger partial charge in [-0.15, -0.1) is 26.3 Å². The molecule has 2 N–H and O–H groups in total. The lowest BCUT2D eigenvalue weighted by molar-refractivity contribution is -0.146. The molecule has 0 bridgehead atoms. The monoisotopic (exact) mass is 1030 g/mol.